The Labute approximate surface area is 339 Å². The number of fused-ring (bicyclic) bond motifs is 2. The van der Waals surface area contributed by atoms with Crippen molar-refractivity contribution in [3.63, 3.8) is 0 Å². The third-order valence-electron chi connectivity index (χ3n) is 9.01. The van der Waals surface area contributed by atoms with E-state index in [0.29, 0.717) is 17.1 Å². The van der Waals surface area contributed by atoms with Gasteiger partial charge in [0.25, 0.3) is 0 Å². The Morgan fingerprint density at radius 1 is 1.02 bits per heavy atom. The predicted octanol–water partition coefficient (Wildman–Crippen LogP) is 2.14. The fraction of sp³-hybridized carbons (Fsp3) is 0.613. The molecule has 27 heteroatoms. The number of aliphatic hydroxyl groups excluding tert-OH is 2. The number of rotatable bonds is 10. The number of nitrogens with one attached hydrogen (secondary N) is 1. The summed E-state index contributed by atoms with van der Waals surface area (Å²) >= 11 is 2.55. The second-order valence-electron chi connectivity index (χ2n) is 13.0. The summed E-state index contributed by atoms with van der Waals surface area (Å²) in [7, 11) is -6.44. The highest BCUT2D eigenvalue weighted by molar-refractivity contribution is 8.00. The number of imidazole rings is 1. The molecule has 0 radical (unpaired) electrons. The van der Waals surface area contributed by atoms with Crippen molar-refractivity contribution in [1.82, 2.24) is 33.7 Å². The number of carbonyl (C=O) groups excluding carboxylic acids is 1. The van der Waals surface area contributed by atoms with Crippen LogP contribution in [-0.2, 0) is 54.9 Å². The zero-order valence-corrected chi connectivity index (χ0v) is 34.4. The summed E-state index contributed by atoms with van der Waals surface area (Å²) < 4.78 is 61.3. The number of thioether (sulfide) groups is 2. The van der Waals surface area contributed by atoms with Crippen LogP contribution < -0.4 is 16.5 Å². The summed E-state index contributed by atoms with van der Waals surface area (Å²) in [4.78, 5) is 57.6. The quantitative estimate of drug-likeness (QED) is 0.114. The van der Waals surface area contributed by atoms with Crippen LogP contribution in [0.3, 0.4) is 0 Å². The van der Waals surface area contributed by atoms with Crippen molar-refractivity contribution >= 4 is 51.0 Å². The van der Waals surface area contributed by atoms with E-state index in [1.807, 2.05) is 0 Å². The first kappa shape index (κ1) is 45.8. The Hall–Kier alpha value is -3.32. The van der Waals surface area contributed by atoms with Crippen LogP contribution in [0, 0.1) is 24.0 Å². The number of phosphoric acid groups is 1. The Bertz CT molecular complexity index is 2210. The van der Waals surface area contributed by atoms with Gasteiger partial charge in [-0.25, -0.2) is 28.4 Å². The molecular formula is C31H44N8O15P2S2. The van der Waals surface area contributed by atoms with Gasteiger partial charge in [-0.15, -0.1) is 23.5 Å². The van der Waals surface area contributed by atoms with Crippen molar-refractivity contribution in [2.75, 3.05) is 19.8 Å². The number of aromatic nitrogens is 6. The molecule has 0 saturated carbocycles. The van der Waals surface area contributed by atoms with Crippen LogP contribution in [0.5, 0.6) is 0 Å². The van der Waals surface area contributed by atoms with Crippen molar-refractivity contribution < 1.29 is 56.4 Å². The fourth-order valence-corrected chi connectivity index (χ4v) is 12.6. The van der Waals surface area contributed by atoms with Gasteiger partial charge in [-0.05, 0) is 44.8 Å². The third-order valence-corrected chi connectivity index (χ3v) is 15.2. The minimum absolute atomic E-state index is 0. The van der Waals surface area contributed by atoms with Crippen molar-refractivity contribution in [2.45, 2.75) is 93.4 Å². The number of phosphoric ester groups is 1. The molecule has 11 atom stereocenters. The lowest BCUT2D eigenvalue weighted by Gasteiger charge is -2.33. The molecule has 4 saturated heterocycles. The number of esters is 1. The molecule has 58 heavy (non-hydrogen) atoms. The number of hydrogen-bond acceptors (Lipinski definition) is 20. The van der Waals surface area contributed by atoms with E-state index in [2.05, 4.69) is 20.0 Å². The minimum Gasteiger partial charge on any atom is -0.465 e. The van der Waals surface area contributed by atoms with Gasteiger partial charge >= 0.3 is 38.9 Å². The summed E-state index contributed by atoms with van der Waals surface area (Å²) in [5.41, 5.74) is 0.431. The Morgan fingerprint density at radius 2 is 1.55 bits per heavy atom. The molecule has 0 bridgehead atoms. The normalized spacial score (nSPS) is 31.8. The molecule has 0 aliphatic carbocycles. The number of carbonyl (C=O) groups is 1. The van der Waals surface area contributed by atoms with Gasteiger partial charge in [0.1, 0.15) is 59.7 Å². The molecule has 4 aliphatic rings. The van der Waals surface area contributed by atoms with Crippen LogP contribution in [0.15, 0.2) is 40.3 Å². The number of aryl methyl sites for hydroxylation is 2. The SMILES string of the molecule is C.CCOC(=O)[C@@H](C)NP1(=O)OC[C@H]2S[C@@H](n3ccc(C)nc3=O)[C@@H](O)[C@@H]2O1.Cc1ccn([C@@H]2S[C@@H]3COP(=O)(OCc4cnc([N+](=O)[O-])n4C)O[C@H]3[C@@H]2O)c(=O)n1. The zero-order chi connectivity index (χ0) is 41.4. The maximum Gasteiger partial charge on any atom is 0.475 e. The Kier molecular flexibility index (Phi) is 14.6. The van der Waals surface area contributed by atoms with Gasteiger partial charge in [0.05, 0.1) is 37.4 Å². The number of ether oxygens (including phenoxy) is 1. The lowest BCUT2D eigenvalue weighted by Crippen LogP contribution is -2.44. The molecule has 3 aromatic rings. The molecule has 23 nitrogen and oxygen atoms in total. The molecule has 2 unspecified atom stereocenters. The van der Waals surface area contributed by atoms with E-state index in [1.165, 1.54) is 63.6 Å². The van der Waals surface area contributed by atoms with E-state index in [-0.39, 0.29) is 50.3 Å². The molecule has 0 amide bonds. The lowest BCUT2D eigenvalue weighted by molar-refractivity contribution is -0.396. The number of hydrogen-bond donors (Lipinski definition) is 3. The molecular weight excluding hydrogens is 850 g/mol. The smallest absolute Gasteiger partial charge is 0.465 e. The highest BCUT2D eigenvalue weighted by Crippen LogP contribution is 2.60. The van der Waals surface area contributed by atoms with Crippen LogP contribution in [0.1, 0.15) is 49.1 Å². The first-order chi connectivity index (χ1) is 26.9. The van der Waals surface area contributed by atoms with E-state index in [0.717, 1.165) is 0 Å². The molecule has 0 spiro atoms. The molecule has 7 heterocycles. The monoisotopic (exact) mass is 894 g/mol. The second kappa shape index (κ2) is 18.5. The summed E-state index contributed by atoms with van der Waals surface area (Å²) in [5, 5.41) is 32.7. The van der Waals surface area contributed by atoms with Crippen LogP contribution in [0.25, 0.3) is 0 Å². The predicted molar refractivity (Wildman–Crippen MR) is 207 cm³/mol. The van der Waals surface area contributed by atoms with Crippen LogP contribution in [0.2, 0.25) is 0 Å². The van der Waals surface area contributed by atoms with Crippen LogP contribution in [-0.4, -0.2) is 111 Å². The first-order valence-electron chi connectivity index (χ1n) is 17.3. The summed E-state index contributed by atoms with van der Waals surface area (Å²) in [6, 6.07) is 2.41. The highest BCUT2D eigenvalue weighted by Gasteiger charge is 2.54. The Balaban J connectivity index is 0.000000218. The fourth-order valence-electron chi connectivity index (χ4n) is 6.09. The summed E-state index contributed by atoms with van der Waals surface area (Å²) in [6.07, 6.45) is 0.354. The second-order valence-corrected chi connectivity index (χ2v) is 19.1. The Morgan fingerprint density at radius 3 is 2.05 bits per heavy atom. The number of nitro groups is 1. The van der Waals surface area contributed by atoms with Crippen molar-refractivity contribution in [1.29, 1.82) is 0 Å². The van der Waals surface area contributed by atoms with Gasteiger partial charge in [-0.2, -0.15) is 9.97 Å². The molecule has 320 valence electrons. The van der Waals surface area contributed by atoms with Crippen molar-refractivity contribution in [3.05, 3.63) is 78.9 Å². The third kappa shape index (κ3) is 9.82. The summed E-state index contributed by atoms with van der Waals surface area (Å²) in [5.74, 6) is -0.974. The number of aliphatic hydroxyl groups is 2. The maximum atomic E-state index is 12.9. The molecule has 4 aliphatic heterocycles. The van der Waals surface area contributed by atoms with Crippen molar-refractivity contribution in [3.8, 4) is 0 Å². The topological polar surface area (TPSA) is 290 Å². The van der Waals surface area contributed by atoms with E-state index in [1.54, 1.807) is 39.1 Å². The average molecular weight is 895 g/mol. The molecule has 7 rings (SSSR count). The average Bonchev–Trinajstić information content (AvgIpc) is 3.79. The first-order valence-corrected chi connectivity index (χ1v) is 22.2. The number of nitrogens with zero attached hydrogens (tertiary/aromatic N) is 7. The molecule has 0 aromatic carbocycles. The standard InChI is InChI=1S/C15H18N5O8PS.C15H22N3O7PS.CH4/c1-8-3-4-19(15(22)17-8)13-11(21)12-10(30-13)7-27-29(25,28-12)26-6-9-5-16-14(18(9)2)20(23)24;1-4-23-14(20)9(3)17-26(22)24-7-10-12(25-26)11(19)13(27-10)18-6-5-8(2)16-15(18)21;/h3-5,10-13,21H,6-7H2,1-2H3;5-6,9-13,19H,4,7H2,1-3H3,(H,17,22);1H4/t10-,11+,12-,13-,29?;9-,10-,11+,12-,13-,26?;/m11./s1. The lowest BCUT2D eigenvalue weighted by atomic mass is 10.1. The molecule has 3 N–H and O–H groups in total. The molecule has 3 aromatic heterocycles. The minimum atomic E-state index is -4.05. The van der Waals surface area contributed by atoms with Gasteiger partial charge in [0, 0.05) is 23.8 Å². The largest absolute Gasteiger partial charge is 0.475 e. The van der Waals surface area contributed by atoms with Gasteiger partial charge in [0.15, 0.2) is 0 Å². The maximum absolute atomic E-state index is 12.9. The van der Waals surface area contributed by atoms with Crippen LogP contribution >= 0.6 is 39.1 Å². The van der Waals surface area contributed by atoms with Gasteiger partial charge in [-0.1, -0.05) is 12.4 Å². The van der Waals surface area contributed by atoms with E-state index >= 15 is 0 Å². The van der Waals surface area contributed by atoms with Gasteiger partial charge in [-0.3, -0.25) is 36.5 Å². The molecule has 4 fully saturated rings. The summed E-state index contributed by atoms with van der Waals surface area (Å²) in [6.45, 7) is 6.43. The van der Waals surface area contributed by atoms with E-state index in [9.17, 15) is 43.8 Å². The van der Waals surface area contributed by atoms with Crippen molar-refractivity contribution in [2.24, 2.45) is 7.05 Å². The zero-order valence-electron chi connectivity index (χ0n) is 31.0. The van der Waals surface area contributed by atoms with E-state index < -0.39 is 79.0 Å². The van der Waals surface area contributed by atoms with Crippen LogP contribution in [0.4, 0.5) is 5.95 Å². The van der Waals surface area contributed by atoms with Gasteiger partial charge in [0.2, 0.25) is 0 Å². The van der Waals surface area contributed by atoms with Gasteiger partial charge < -0.3 is 25.1 Å². The van der Waals surface area contributed by atoms with E-state index in [4.69, 9.17) is 27.4 Å². The highest BCUT2D eigenvalue weighted by atomic mass is 32.2.